The summed E-state index contributed by atoms with van der Waals surface area (Å²) in [7, 11) is 0. The molecule has 0 aliphatic heterocycles. The monoisotopic (exact) mass is 253 g/mol. The highest BCUT2D eigenvalue weighted by Gasteiger charge is 1.93. The molecule has 107 valence electrons. The minimum atomic E-state index is 0.917. The molecule has 0 rings (SSSR count). The van der Waals surface area contributed by atoms with Gasteiger partial charge in [-0.05, 0) is 6.42 Å². The van der Waals surface area contributed by atoms with Crippen molar-refractivity contribution >= 4 is 6.29 Å². The van der Waals surface area contributed by atoms with Crippen molar-refractivity contribution in [1.82, 2.24) is 0 Å². The summed E-state index contributed by atoms with van der Waals surface area (Å²) >= 11 is 0. The van der Waals surface area contributed by atoms with Gasteiger partial charge in [-0.25, -0.2) is 0 Å². The molecule has 0 N–H and O–H groups in total. The molecule has 0 aromatic rings. The summed E-state index contributed by atoms with van der Waals surface area (Å²) in [6.45, 7) is 2.27. The van der Waals surface area contributed by atoms with E-state index in [2.05, 4.69) is 6.92 Å². The number of carbonyl (C=O) groups excluding carboxylic acids is 1. The summed E-state index contributed by atoms with van der Waals surface area (Å²) < 4.78 is 0. The number of hydrogen-bond acceptors (Lipinski definition) is 1. The maximum Gasteiger partial charge on any atom is 0.123 e. The van der Waals surface area contributed by atoms with Crippen LogP contribution in [0.15, 0.2) is 0 Å². The molecule has 0 amide bonds. The molecule has 0 unspecified atom stereocenters. The zero-order chi connectivity index (χ0) is 13.3. The number of hydrogen-bond donors (Lipinski definition) is 0. The number of carbonyl (C=O) groups is 1. The summed E-state index contributed by atoms with van der Waals surface area (Å²) in [6.07, 6.45) is 21.7. The SMILES string of the molecule is CCCCCCCCCCCCCCC[CH]C=O. The van der Waals surface area contributed by atoms with E-state index in [-0.39, 0.29) is 0 Å². The van der Waals surface area contributed by atoms with Crippen LogP contribution in [0.5, 0.6) is 0 Å². The van der Waals surface area contributed by atoms with E-state index in [0.717, 1.165) is 12.7 Å². The highest BCUT2D eigenvalue weighted by molar-refractivity contribution is 5.60. The highest BCUT2D eigenvalue weighted by atomic mass is 16.1. The molecule has 0 aromatic carbocycles. The first kappa shape index (κ1) is 17.7. The second kappa shape index (κ2) is 16.7. The van der Waals surface area contributed by atoms with E-state index in [1.807, 2.05) is 0 Å². The van der Waals surface area contributed by atoms with Crippen LogP contribution in [0.4, 0.5) is 0 Å². The summed E-state index contributed by atoms with van der Waals surface area (Å²) in [5, 5.41) is 0. The number of rotatable bonds is 15. The quantitative estimate of drug-likeness (QED) is 0.263. The van der Waals surface area contributed by atoms with Crippen molar-refractivity contribution < 1.29 is 4.79 Å². The van der Waals surface area contributed by atoms with Crippen molar-refractivity contribution in [2.45, 2.75) is 96.8 Å². The lowest BCUT2D eigenvalue weighted by molar-refractivity contribution is -0.105. The molecule has 0 fully saturated rings. The van der Waals surface area contributed by atoms with Crippen molar-refractivity contribution in [2.75, 3.05) is 0 Å². The summed E-state index contributed by atoms with van der Waals surface area (Å²) in [5.41, 5.74) is 0. The Morgan fingerprint density at radius 1 is 0.611 bits per heavy atom. The zero-order valence-corrected chi connectivity index (χ0v) is 12.5. The van der Waals surface area contributed by atoms with Gasteiger partial charge in [-0.15, -0.1) is 0 Å². The summed E-state index contributed by atoms with van der Waals surface area (Å²) in [4.78, 5) is 10.1. The van der Waals surface area contributed by atoms with E-state index in [0.29, 0.717) is 0 Å². The van der Waals surface area contributed by atoms with Gasteiger partial charge in [-0.3, -0.25) is 0 Å². The van der Waals surface area contributed by atoms with Gasteiger partial charge in [-0.2, -0.15) is 0 Å². The fourth-order valence-corrected chi connectivity index (χ4v) is 2.35. The first-order chi connectivity index (χ1) is 8.91. The van der Waals surface area contributed by atoms with Crippen molar-refractivity contribution in [2.24, 2.45) is 0 Å². The van der Waals surface area contributed by atoms with Gasteiger partial charge in [0.2, 0.25) is 0 Å². The maximum atomic E-state index is 10.1. The van der Waals surface area contributed by atoms with Gasteiger partial charge in [0.15, 0.2) is 0 Å². The Balaban J connectivity index is 2.88. The first-order valence-electron chi connectivity index (χ1n) is 8.18. The normalized spacial score (nSPS) is 10.7. The van der Waals surface area contributed by atoms with Crippen LogP contribution in [0.3, 0.4) is 0 Å². The predicted molar refractivity (Wildman–Crippen MR) is 80.7 cm³/mol. The second-order valence-electron chi connectivity index (χ2n) is 5.40. The van der Waals surface area contributed by atoms with E-state index in [1.165, 1.54) is 83.5 Å². The minimum Gasteiger partial charge on any atom is -0.303 e. The molecule has 0 saturated heterocycles. The highest BCUT2D eigenvalue weighted by Crippen LogP contribution is 2.12. The third-order valence-corrected chi connectivity index (χ3v) is 3.57. The molecule has 0 spiro atoms. The van der Waals surface area contributed by atoms with Crippen LogP contribution >= 0.6 is 0 Å². The van der Waals surface area contributed by atoms with Gasteiger partial charge in [-0.1, -0.05) is 90.4 Å². The summed E-state index contributed by atoms with van der Waals surface area (Å²) in [5.74, 6) is 0. The fraction of sp³-hybridized carbons (Fsp3) is 0.882. The second-order valence-corrected chi connectivity index (χ2v) is 5.40. The number of aldehydes is 1. The van der Waals surface area contributed by atoms with Crippen molar-refractivity contribution in [1.29, 1.82) is 0 Å². The molecule has 1 radical (unpaired) electrons. The van der Waals surface area contributed by atoms with Crippen LogP contribution in [0, 0.1) is 6.42 Å². The standard InChI is InChI=1S/C17H33O/c1-2-3-4-5-6-7-8-9-10-11-12-13-14-15-16-17-18/h16-17H,2-15H2,1H3. The molecule has 0 aliphatic rings. The lowest BCUT2D eigenvalue weighted by Gasteiger charge is -2.02. The van der Waals surface area contributed by atoms with Gasteiger partial charge < -0.3 is 4.79 Å². The van der Waals surface area contributed by atoms with Crippen molar-refractivity contribution in [3.8, 4) is 0 Å². The average Bonchev–Trinajstić information content (AvgIpc) is 2.39. The van der Waals surface area contributed by atoms with Gasteiger partial charge in [0.05, 0.1) is 0 Å². The van der Waals surface area contributed by atoms with E-state index in [4.69, 9.17) is 0 Å². The Kier molecular flexibility index (Phi) is 16.4. The predicted octanol–water partition coefficient (Wildman–Crippen LogP) is 5.87. The topological polar surface area (TPSA) is 17.1 Å². The Hall–Kier alpha value is -0.330. The Morgan fingerprint density at radius 2 is 1.00 bits per heavy atom. The summed E-state index contributed by atoms with van der Waals surface area (Å²) in [6, 6.07) is 0. The lowest BCUT2D eigenvalue weighted by atomic mass is 10.0. The third kappa shape index (κ3) is 15.7. The molecule has 0 aliphatic carbocycles. The molecule has 1 nitrogen and oxygen atoms in total. The first-order valence-corrected chi connectivity index (χ1v) is 8.18. The van der Waals surface area contributed by atoms with Crippen LogP contribution < -0.4 is 0 Å². The zero-order valence-electron chi connectivity index (χ0n) is 12.5. The molecule has 0 atom stereocenters. The molecule has 0 saturated carbocycles. The minimum absolute atomic E-state index is 0.917. The van der Waals surface area contributed by atoms with Crippen LogP contribution in [-0.4, -0.2) is 6.29 Å². The van der Waals surface area contributed by atoms with Crippen LogP contribution in [0.1, 0.15) is 96.8 Å². The third-order valence-electron chi connectivity index (χ3n) is 3.57. The Morgan fingerprint density at radius 3 is 1.39 bits per heavy atom. The number of unbranched alkanes of at least 4 members (excludes halogenated alkanes) is 14. The maximum absolute atomic E-state index is 10.1. The van der Waals surface area contributed by atoms with Gasteiger partial charge in [0, 0.05) is 6.42 Å². The van der Waals surface area contributed by atoms with Crippen LogP contribution in [0.25, 0.3) is 0 Å². The fourth-order valence-electron chi connectivity index (χ4n) is 2.35. The molecule has 0 aromatic heterocycles. The van der Waals surface area contributed by atoms with Gasteiger partial charge >= 0.3 is 0 Å². The molecular weight excluding hydrogens is 220 g/mol. The van der Waals surface area contributed by atoms with E-state index in [1.54, 1.807) is 6.42 Å². The molecular formula is C17H33O. The van der Waals surface area contributed by atoms with E-state index in [9.17, 15) is 4.79 Å². The van der Waals surface area contributed by atoms with Crippen LogP contribution in [-0.2, 0) is 4.79 Å². The van der Waals surface area contributed by atoms with Gasteiger partial charge in [0.1, 0.15) is 6.29 Å². The van der Waals surface area contributed by atoms with Crippen molar-refractivity contribution in [3.63, 3.8) is 0 Å². The van der Waals surface area contributed by atoms with E-state index >= 15 is 0 Å². The van der Waals surface area contributed by atoms with Crippen LogP contribution in [0.2, 0.25) is 0 Å². The molecule has 0 heterocycles. The smallest absolute Gasteiger partial charge is 0.123 e. The van der Waals surface area contributed by atoms with Crippen molar-refractivity contribution in [3.05, 3.63) is 6.42 Å². The van der Waals surface area contributed by atoms with E-state index < -0.39 is 0 Å². The molecule has 0 bridgehead atoms. The Labute approximate surface area is 115 Å². The lowest BCUT2D eigenvalue weighted by Crippen LogP contribution is -1.83. The largest absolute Gasteiger partial charge is 0.303 e. The average molecular weight is 253 g/mol. The Bertz CT molecular complexity index is 154. The molecule has 1 heteroatoms. The van der Waals surface area contributed by atoms with Gasteiger partial charge in [0.25, 0.3) is 0 Å². The molecule has 18 heavy (non-hydrogen) atoms.